The molecule has 0 aromatic rings. The number of carbonyl (C=O) groups is 1. The molecule has 0 aromatic carbocycles. The lowest BCUT2D eigenvalue weighted by atomic mass is 10.0. The molecule has 0 aliphatic rings. The SMILES string of the molecule is CC/C=C\C/C=C\C/C=C\C/C=C\C/C=C\C/C=C\CCC(=O)OC(COCCCCCCCCCCCCCCCC)COP(=O)([O-])OCC[N+](C)(C)C. The van der Waals surface area contributed by atoms with Gasteiger partial charge in [0.25, 0.3) is 7.82 Å². The summed E-state index contributed by atoms with van der Waals surface area (Å²) in [5.74, 6) is -0.417. The lowest BCUT2D eigenvalue weighted by molar-refractivity contribution is -0.870. The average Bonchev–Trinajstić information content (AvgIpc) is 3.13. The summed E-state index contributed by atoms with van der Waals surface area (Å²) in [4.78, 5) is 25.0. The first-order valence-corrected chi connectivity index (χ1v) is 23.1. The molecular weight excluding hydrogens is 709 g/mol. The number of hydrogen-bond donors (Lipinski definition) is 0. The monoisotopic (exact) mass is 792 g/mol. The van der Waals surface area contributed by atoms with Crippen molar-refractivity contribution in [3.05, 3.63) is 72.9 Å². The molecule has 2 atom stereocenters. The minimum Gasteiger partial charge on any atom is -0.756 e. The predicted molar refractivity (Wildman–Crippen MR) is 231 cm³/mol. The van der Waals surface area contributed by atoms with Gasteiger partial charge in [0.05, 0.1) is 34.4 Å². The predicted octanol–water partition coefficient (Wildman–Crippen LogP) is 12.1. The lowest BCUT2D eigenvalue weighted by Gasteiger charge is -2.28. The minimum absolute atomic E-state index is 0.0102. The number of phosphoric acid groups is 1. The van der Waals surface area contributed by atoms with Gasteiger partial charge in [-0.2, -0.15) is 0 Å². The number of phosphoric ester groups is 1. The van der Waals surface area contributed by atoms with E-state index in [9.17, 15) is 14.3 Å². The summed E-state index contributed by atoms with van der Waals surface area (Å²) in [5.41, 5.74) is 0. The van der Waals surface area contributed by atoms with Gasteiger partial charge in [-0.25, -0.2) is 0 Å². The highest BCUT2D eigenvalue weighted by atomic mass is 31.2. The third-order valence-corrected chi connectivity index (χ3v) is 9.75. The molecule has 8 nitrogen and oxygen atoms in total. The fourth-order valence-corrected chi connectivity index (χ4v) is 6.18. The summed E-state index contributed by atoms with van der Waals surface area (Å²) in [6.07, 6.45) is 49.3. The van der Waals surface area contributed by atoms with Crippen molar-refractivity contribution in [1.29, 1.82) is 0 Å². The number of rotatable bonds is 39. The fraction of sp³-hybridized carbons (Fsp3) is 0.717. The van der Waals surface area contributed by atoms with Crippen molar-refractivity contribution in [2.24, 2.45) is 0 Å². The Balaban J connectivity index is 4.39. The number of carbonyl (C=O) groups excluding carboxylic acids is 1. The Hall–Kier alpha value is -2.06. The van der Waals surface area contributed by atoms with E-state index in [-0.39, 0.29) is 26.2 Å². The van der Waals surface area contributed by atoms with E-state index in [0.29, 0.717) is 24.1 Å². The van der Waals surface area contributed by atoms with Crippen LogP contribution >= 0.6 is 7.82 Å². The molecule has 2 unspecified atom stereocenters. The zero-order chi connectivity index (χ0) is 40.6. The summed E-state index contributed by atoms with van der Waals surface area (Å²) in [6, 6.07) is 0. The van der Waals surface area contributed by atoms with Crippen LogP contribution in [0.5, 0.6) is 0 Å². The molecule has 55 heavy (non-hydrogen) atoms. The van der Waals surface area contributed by atoms with Crippen LogP contribution in [0.15, 0.2) is 72.9 Å². The van der Waals surface area contributed by atoms with Gasteiger partial charge in [-0.15, -0.1) is 0 Å². The third-order valence-electron chi connectivity index (χ3n) is 8.79. The lowest BCUT2D eigenvalue weighted by Crippen LogP contribution is -2.37. The number of esters is 1. The first-order chi connectivity index (χ1) is 26.6. The summed E-state index contributed by atoms with van der Waals surface area (Å²) in [6.45, 7) is 5.19. The second-order valence-corrected chi connectivity index (χ2v) is 16.7. The van der Waals surface area contributed by atoms with E-state index in [1.54, 1.807) is 0 Å². The number of ether oxygens (including phenoxy) is 2. The van der Waals surface area contributed by atoms with Gasteiger partial charge in [0, 0.05) is 13.0 Å². The van der Waals surface area contributed by atoms with Crippen LogP contribution in [0.2, 0.25) is 0 Å². The van der Waals surface area contributed by atoms with Gasteiger partial charge in [-0.1, -0.05) is 170 Å². The van der Waals surface area contributed by atoms with E-state index >= 15 is 0 Å². The molecule has 0 amide bonds. The molecule has 0 spiro atoms. The highest BCUT2D eigenvalue weighted by Crippen LogP contribution is 2.38. The molecule has 0 bridgehead atoms. The molecule has 0 radical (unpaired) electrons. The maximum atomic E-state index is 12.6. The molecule has 0 fully saturated rings. The van der Waals surface area contributed by atoms with Crippen LogP contribution in [0.1, 0.15) is 155 Å². The largest absolute Gasteiger partial charge is 0.756 e. The molecule has 0 N–H and O–H groups in total. The number of nitrogens with zero attached hydrogens (tertiary/aromatic N) is 1. The van der Waals surface area contributed by atoms with Crippen molar-refractivity contribution in [1.82, 2.24) is 0 Å². The Labute approximate surface area is 338 Å². The minimum atomic E-state index is -4.55. The van der Waals surface area contributed by atoms with Crippen LogP contribution < -0.4 is 4.89 Å². The highest BCUT2D eigenvalue weighted by molar-refractivity contribution is 7.45. The van der Waals surface area contributed by atoms with Crippen molar-refractivity contribution in [2.75, 3.05) is 54.1 Å². The maximum absolute atomic E-state index is 12.6. The van der Waals surface area contributed by atoms with Gasteiger partial charge in [0.2, 0.25) is 0 Å². The molecule has 0 aliphatic carbocycles. The Morgan fingerprint density at radius 1 is 0.582 bits per heavy atom. The molecule has 318 valence electrons. The first-order valence-electron chi connectivity index (χ1n) is 21.7. The van der Waals surface area contributed by atoms with E-state index < -0.39 is 19.9 Å². The zero-order valence-electron chi connectivity index (χ0n) is 35.8. The Morgan fingerprint density at radius 2 is 1.02 bits per heavy atom. The summed E-state index contributed by atoms with van der Waals surface area (Å²) >= 11 is 0. The number of unbranched alkanes of at least 4 members (excludes halogenated alkanes) is 13. The zero-order valence-corrected chi connectivity index (χ0v) is 36.7. The standard InChI is InChI=1S/C46H82NO7P/c1-6-8-10-12-14-16-18-20-22-23-24-25-26-27-29-31-33-35-37-39-46(48)54-45(44-53-55(49,50)52-42-40-47(3,4)5)43-51-41-38-36-34-32-30-28-21-19-17-15-13-11-9-7-2/h8,10,14,16,20,22,24-25,27,29,33,35,45H,6-7,9,11-13,15,17-19,21,23,26,28,30-32,34,36-44H2,1-5H3/b10-8-,16-14-,22-20-,25-24-,29-27-,35-33-. The van der Waals surface area contributed by atoms with E-state index in [0.717, 1.165) is 51.4 Å². The van der Waals surface area contributed by atoms with Crippen LogP contribution in [0.4, 0.5) is 0 Å². The van der Waals surface area contributed by atoms with Gasteiger partial charge in [-0.3, -0.25) is 9.36 Å². The highest BCUT2D eigenvalue weighted by Gasteiger charge is 2.20. The Bertz CT molecular complexity index is 1110. The average molecular weight is 792 g/mol. The smallest absolute Gasteiger partial charge is 0.306 e. The van der Waals surface area contributed by atoms with Crippen LogP contribution in [0.3, 0.4) is 0 Å². The summed E-state index contributed by atoms with van der Waals surface area (Å²) in [7, 11) is 1.30. The summed E-state index contributed by atoms with van der Waals surface area (Å²) < 4.78 is 34.5. The Kier molecular flexibility index (Phi) is 37.3. The molecule has 0 rings (SSSR count). The number of hydrogen-bond acceptors (Lipinski definition) is 7. The van der Waals surface area contributed by atoms with Crippen molar-refractivity contribution in [3.8, 4) is 0 Å². The van der Waals surface area contributed by atoms with E-state index in [1.807, 2.05) is 33.3 Å². The van der Waals surface area contributed by atoms with Gasteiger partial charge in [0.15, 0.2) is 0 Å². The van der Waals surface area contributed by atoms with Crippen LogP contribution in [0, 0.1) is 0 Å². The van der Waals surface area contributed by atoms with Crippen molar-refractivity contribution >= 4 is 13.8 Å². The normalized spacial score (nSPS) is 14.5. The van der Waals surface area contributed by atoms with Crippen molar-refractivity contribution in [3.63, 3.8) is 0 Å². The van der Waals surface area contributed by atoms with Crippen molar-refractivity contribution < 1.29 is 37.3 Å². The molecular formula is C46H82NO7P. The van der Waals surface area contributed by atoms with E-state index in [1.165, 1.54) is 77.0 Å². The third kappa shape index (κ3) is 42.9. The van der Waals surface area contributed by atoms with E-state index in [4.69, 9.17) is 18.5 Å². The van der Waals surface area contributed by atoms with E-state index in [2.05, 4.69) is 74.6 Å². The van der Waals surface area contributed by atoms with Crippen LogP contribution in [-0.2, 0) is 27.9 Å². The molecule has 0 aromatic heterocycles. The van der Waals surface area contributed by atoms with Gasteiger partial charge < -0.3 is 27.9 Å². The molecule has 9 heteroatoms. The second-order valence-electron chi connectivity index (χ2n) is 15.3. The number of allylic oxidation sites excluding steroid dienone is 12. The fourth-order valence-electron chi connectivity index (χ4n) is 5.45. The van der Waals surface area contributed by atoms with Gasteiger partial charge in [-0.05, 0) is 51.4 Å². The summed E-state index contributed by atoms with van der Waals surface area (Å²) in [5, 5.41) is 0. The maximum Gasteiger partial charge on any atom is 0.306 e. The number of quaternary nitrogens is 1. The Morgan fingerprint density at radius 3 is 1.47 bits per heavy atom. The topological polar surface area (TPSA) is 94.1 Å². The molecule has 0 heterocycles. The van der Waals surface area contributed by atoms with Gasteiger partial charge in [0.1, 0.15) is 19.3 Å². The molecule has 0 aliphatic heterocycles. The molecule has 0 saturated carbocycles. The number of likely N-dealkylation sites (N-methyl/N-ethyl adjacent to an activating group) is 1. The quantitative estimate of drug-likeness (QED) is 0.0201. The van der Waals surface area contributed by atoms with Gasteiger partial charge >= 0.3 is 5.97 Å². The second kappa shape index (κ2) is 38.8. The van der Waals surface area contributed by atoms with Crippen LogP contribution in [0.25, 0.3) is 0 Å². The first kappa shape index (κ1) is 52.9. The molecule has 0 saturated heterocycles. The van der Waals surface area contributed by atoms with Crippen LogP contribution in [-0.4, -0.2) is 70.7 Å². The van der Waals surface area contributed by atoms with Crippen molar-refractivity contribution in [2.45, 2.75) is 161 Å².